The van der Waals surface area contributed by atoms with Gasteiger partial charge in [0, 0.05) is 13.0 Å². The number of nitriles is 1. The first-order valence-electron chi connectivity index (χ1n) is 5.37. The zero-order chi connectivity index (χ0) is 13.0. The highest BCUT2D eigenvalue weighted by Crippen LogP contribution is 2.14. The van der Waals surface area contributed by atoms with E-state index in [1.807, 2.05) is 6.07 Å². The molecule has 2 aromatic heterocycles. The summed E-state index contributed by atoms with van der Waals surface area (Å²) in [6.07, 6.45) is 2.07. The summed E-state index contributed by atoms with van der Waals surface area (Å²) < 4.78 is 4.97. The fraction of sp³-hybridized carbons (Fsp3) is 0.273. The summed E-state index contributed by atoms with van der Waals surface area (Å²) in [5.41, 5.74) is 6.43. The summed E-state index contributed by atoms with van der Waals surface area (Å²) >= 11 is 0. The fourth-order valence-electron chi connectivity index (χ4n) is 1.44. The van der Waals surface area contributed by atoms with E-state index in [-0.39, 0.29) is 0 Å². The van der Waals surface area contributed by atoms with E-state index in [4.69, 9.17) is 15.5 Å². The molecule has 0 aliphatic carbocycles. The maximum atomic E-state index is 8.94. The minimum Gasteiger partial charge on any atom is -0.397 e. The van der Waals surface area contributed by atoms with E-state index in [1.54, 1.807) is 13.0 Å². The van der Waals surface area contributed by atoms with Crippen molar-refractivity contribution in [3.05, 3.63) is 29.5 Å². The Bertz CT molecular complexity index is 585. The Labute approximate surface area is 104 Å². The largest absolute Gasteiger partial charge is 0.397 e. The molecule has 2 aromatic rings. The number of nitrogens with two attached hydrogens (primary N) is 1. The summed E-state index contributed by atoms with van der Waals surface area (Å²) in [4.78, 5) is 8.14. The first kappa shape index (κ1) is 11.9. The first-order chi connectivity index (χ1) is 8.69. The summed E-state index contributed by atoms with van der Waals surface area (Å²) in [6.45, 7) is 2.31. The number of pyridine rings is 1. The van der Waals surface area contributed by atoms with E-state index in [2.05, 4.69) is 20.4 Å². The van der Waals surface area contributed by atoms with Crippen molar-refractivity contribution < 1.29 is 4.52 Å². The molecule has 7 nitrogen and oxygen atoms in total. The molecule has 2 rings (SSSR count). The lowest BCUT2D eigenvalue weighted by Gasteiger charge is -2.05. The number of anilines is 2. The van der Waals surface area contributed by atoms with E-state index < -0.39 is 0 Å². The van der Waals surface area contributed by atoms with Gasteiger partial charge >= 0.3 is 0 Å². The molecule has 0 aliphatic rings. The molecule has 0 saturated heterocycles. The molecule has 0 amide bonds. The van der Waals surface area contributed by atoms with Crippen LogP contribution in [0.5, 0.6) is 0 Å². The van der Waals surface area contributed by atoms with Crippen molar-refractivity contribution in [2.75, 3.05) is 17.6 Å². The van der Waals surface area contributed by atoms with Crippen molar-refractivity contribution in [2.24, 2.45) is 0 Å². The molecule has 0 spiro atoms. The van der Waals surface area contributed by atoms with E-state index in [1.165, 1.54) is 6.20 Å². The van der Waals surface area contributed by atoms with Gasteiger partial charge in [-0.05, 0) is 13.0 Å². The Hall–Kier alpha value is -2.62. The Morgan fingerprint density at radius 1 is 1.56 bits per heavy atom. The van der Waals surface area contributed by atoms with Crippen LogP contribution in [0, 0.1) is 18.3 Å². The highest BCUT2D eigenvalue weighted by Gasteiger charge is 2.05. The average molecular weight is 244 g/mol. The SMILES string of the molecule is Cc1noc(CCNc2ncc(N)cc2C#N)n1. The van der Waals surface area contributed by atoms with E-state index in [0.717, 1.165) is 0 Å². The molecule has 92 valence electrons. The van der Waals surface area contributed by atoms with Crippen LogP contribution in [0.2, 0.25) is 0 Å². The third kappa shape index (κ3) is 2.74. The van der Waals surface area contributed by atoms with Crippen LogP contribution >= 0.6 is 0 Å². The van der Waals surface area contributed by atoms with E-state index in [9.17, 15) is 0 Å². The van der Waals surface area contributed by atoms with Gasteiger partial charge in [-0.2, -0.15) is 10.2 Å². The number of rotatable bonds is 4. The molecule has 0 unspecified atom stereocenters. The average Bonchev–Trinajstić information content (AvgIpc) is 2.77. The van der Waals surface area contributed by atoms with Gasteiger partial charge in [0.05, 0.1) is 17.4 Å². The molecule has 3 N–H and O–H groups in total. The first-order valence-corrected chi connectivity index (χ1v) is 5.37. The van der Waals surface area contributed by atoms with E-state index >= 15 is 0 Å². The Balaban J connectivity index is 1.96. The normalized spacial score (nSPS) is 10.0. The van der Waals surface area contributed by atoms with Gasteiger partial charge < -0.3 is 15.6 Å². The second-order valence-corrected chi connectivity index (χ2v) is 3.69. The van der Waals surface area contributed by atoms with Gasteiger partial charge in [-0.15, -0.1) is 0 Å². The van der Waals surface area contributed by atoms with Crippen molar-refractivity contribution in [3.8, 4) is 6.07 Å². The van der Waals surface area contributed by atoms with Crippen LogP contribution < -0.4 is 11.1 Å². The van der Waals surface area contributed by atoms with Gasteiger partial charge in [-0.3, -0.25) is 0 Å². The van der Waals surface area contributed by atoms with Crippen LogP contribution in [0.15, 0.2) is 16.8 Å². The summed E-state index contributed by atoms with van der Waals surface area (Å²) in [6, 6.07) is 3.61. The zero-order valence-electron chi connectivity index (χ0n) is 9.84. The summed E-state index contributed by atoms with van der Waals surface area (Å²) in [7, 11) is 0. The minimum atomic E-state index is 0.414. The molecule has 0 atom stereocenters. The number of hydrogen-bond donors (Lipinski definition) is 2. The number of hydrogen-bond acceptors (Lipinski definition) is 7. The van der Waals surface area contributed by atoms with E-state index in [0.29, 0.717) is 41.7 Å². The van der Waals surface area contributed by atoms with Crippen molar-refractivity contribution >= 4 is 11.5 Å². The smallest absolute Gasteiger partial charge is 0.228 e. The third-order valence-corrected chi connectivity index (χ3v) is 2.23. The molecule has 0 fully saturated rings. The van der Waals surface area contributed by atoms with Crippen LogP contribution in [0.3, 0.4) is 0 Å². The number of aryl methyl sites for hydroxylation is 1. The van der Waals surface area contributed by atoms with Crippen LogP contribution in [0.25, 0.3) is 0 Å². The molecule has 0 bridgehead atoms. The highest BCUT2D eigenvalue weighted by atomic mass is 16.5. The molecule has 0 radical (unpaired) electrons. The predicted octanol–water partition coefficient (Wildman–Crippen LogP) is 0.881. The van der Waals surface area contributed by atoms with Gasteiger partial charge in [0.25, 0.3) is 0 Å². The van der Waals surface area contributed by atoms with Crippen LogP contribution in [-0.4, -0.2) is 21.7 Å². The fourth-order valence-corrected chi connectivity index (χ4v) is 1.44. The van der Waals surface area contributed by atoms with Crippen molar-refractivity contribution in [1.29, 1.82) is 5.26 Å². The lowest BCUT2D eigenvalue weighted by molar-refractivity contribution is 0.377. The van der Waals surface area contributed by atoms with Crippen LogP contribution in [-0.2, 0) is 6.42 Å². The van der Waals surface area contributed by atoms with Gasteiger partial charge in [-0.25, -0.2) is 4.98 Å². The maximum absolute atomic E-state index is 8.94. The molecule has 18 heavy (non-hydrogen) atoms. The summed E-state index contributed by atoms with van der Waals surface area (Å²) in [5, 5.41) is 15.7. The molecular weight excluding hydrogens is 232 g/mol. The van der Waals surface area contributed by atoms with Gasteiger partial charge in [-0.1, -0.05) is 5.16 Å². The van der Waals surface area contributed by atoms with Crippen molar-refractivity contribution in [3.63, 3.8) is 0 Å². The molecular formula is C11H12N6O. The topological polar surface area (TPSA) is 114 Å². The molecule has 7 heteroatoms. The number of aromatic nitrogens is 3. The Morgan fingerprint density at radius 2 is 2.39 bits per heavy atom. The zero-order valence-corrected chi connectivity index (χ0v) is 9.84. The number of nitrogens with one attached hydrogen (secondary N) is 1. The monoisotopic (exact) mass is 244 g/mol. The number of nitrogens with zero attached hydrogens (tertiary/aromatic N) is 4. The predicted molar refractivity (Wildman–Crippen MR) is 64.6 cm³/mol. The van der Waals surface area contributed by atoms with Crippen molar-refractivity contribution in [2.45, 2.75) is 13.3 Å². The maximum Gasteiger partial charge on any atom is 0.228 e. The van der Waals surface area contributed by atoms with Crippen molar-refractivity contribution in [1.82, 2.24) is 15.1 Å². The lowest BCUT2D eigenvalue weighted by atomic mass is 10.2. The Morgan fingerprint density at radius 3 is 3.06 bits per heavy atom. The molecule has 0 aliphatic heterocycles. The standard InChI is InChI=1S/C11H12N6O/c1-7-16-10(18-17-7)2-3-14-11-8(5-12)4-9(13)6-15-11/h4,6H,2-3,13H2,1H3,(H,14,15). The highest BCUT2D eigenvalue weighted by molar-refractivity contribution is 5.57. The quantitative estimate of drug-likeness (QED) is 0.820. The summed E-state index contributed by atoms with van der Waals surface area (Å²) in [5.74, 6) is 1.66. The third-order valence-electron chi connectivity index (χ3n) is 2.23. The van der Waals surface area contributed by atoms with Gasteiger partial charge in [0.2, 0.25) is 5.89 Å². The lowest BCUT2D eigenvalue weighted by Crippen LogP contribution is -2.08. The van der Waals surface area contributed by atoms with Gasteiger partial charge in [0.1, 0.15) is 11.9 Å². The Kier molecular flexibility index (Phi) is 3.38. The van der Waals surface area contributed by atoms with Gasteiger partial charge in [0.15, 0.2) is 5.82 Å². The minimum absolute atomic E-state index is 0.414. The van der Waals surface area contributed by atoms with Crippen LogP contribution in [0.1, 0.15) is 17.3 Å². The molecule has 2 heterocycles. The van der Waals surface area contributed by atoms with Crippen LogP contribution in [0.4, 0.5) is 11.5 Å². The molecule has 0 aromatic carbocycles. The number of nitrogen functional groups attached to an aromatic ring is 1. The second-order valence-electron chi connectivity index (χ2n) is 3.69. The second kappa shape index (κ2) is 5.14. The molecule has 0 saturated carbocycles.